The third-order valence-electron chi connectivity index (χ3n) is 4.74. The third kappa shape index (κ3) is 5.64. The molecule has 1 atom stereocenters. The summed E-state index contributed by atoms with van der Waals surface area (Å²) in [5.41, 5.74) is 1.64. The summed E-state index contributed by atoms with van der Waals surface area (Å²) >= 11 is 3.50. The maximum absolute atomic E-state index is 12.6. The van der Waals surface area contributed by atoms with Gasteiger partial charge in [-0.2, -0.15) is 0 Å². The van der Waals surface area contributed by atoms with Crippen LogP contribution >= 0.6 is 15.9 Å². The highest BCUT2D eigenvalue weighted by Crippen LogP contribution is 2.40. The summed E-state index contributed by atoms with van der Waals surface area (Å²) in [4.78, 5) is 12.6. The Morgan fingerprint density at radius 2 is 1.52 bits per heavy atom. The van der Waals surface area contributed by atoms with E-state index < -0.39 is 0 Å². The summed E-state index contributed by atoms with van der Waals surface area (Å²) in [5.74, 6) is 2.51. The van der Waals surface area contributed by atoms with Gasteiger partial charge in [-0.3, -0.25) is 4.79 Å². The second-order valence-electron chi connectivity index (χ2n) is 6.47. The lowest BCUT2D eigenvalue weighted by Crippen LogP contribution is -2.26. The molecular weight excluding hydrogens is 466 g/mol. The Bertz CT molecular complexity index is 919. The Hall–Kier alpha value is -2.87. The van der Waals surface area contributed by atoms with E-state index in [0.717, 1.165) is 11.1 Å². The maximum atomic E-state index is 12.6. The molecule has 1 N–H and O–H groups in total. The molecule has 0 spiro atoms. The fourth-order valence-corrected chi connectivity index (χ4v) is 3.76. The minimum Gasteiger partial charge on any atom is -0.493 e. The lowest BCUT2D eigenvalue weighted by molar-refractivity contribution is -0.117. The van der Waals surface area contributed by atoms with E-state index in [1.807, 2.05) is 25.1 Å². The van der Waals surface area contributed by atoms with E-state index >= 15 is 0 Å². The van der Waals surface area contributed by atoms with Crippen molar-refractivity contribution in [3.63, 3.8) is 0 Å². The van der Waals surface area contributed by atoms with Crippen LogP contribution in [-0.2, 0) is 4.79 Å². The number of methoxy groups -OCH3 is 5. The molecule has 8 heteroatoms. The molecule has 31 heavy (non-hydrogen) atoms. The van der Waals surface area contributed by atoms with E-state index in [-0.39, 0.29) is 11.9 Å². The molecule has 0 saturated heterocycles. The molecule has 2 rings (SSSR count). The highest BCUT2D eigenvalue weighted by atomic mass is 79.9. The Morgan fingerprint density at radius 1 is 0.935 bits per heavy atom. The van der Waals surface area contributed by atoms with E-state index in [0.29, 0.717) is 39.6 Å². The van der Waals surface area contributed by atoms with Gasteiger partial charge in [-0.15, -0.1) is 0 Å². The van der Waals surface area contributed by atoms with Gasteiger partial charge in [0.25, 0.3) is 0 Å². The summed E-state index contributed by atoms with van der Waals surface area (Å²) < 4.78 is 27.6. The molecule has 0 saturated carbocycles. The zero-order valence-electron chi connectivity index (χ0n) is 18.6. The van der Waals surface area contributed by atoms with Gasteiger partial charge in [0.1, 0.15) is 0 Å². The first-order valence-electron chi connectivity index (χ1n) is 9.62. The van der Waals surface area contributed by atoms with Crippen molar-refractivity contribution in [3.05, 3.63) is 45.9 Å². The number of amides is 1. The molecule has 0 fully saturated rings. The van der Waals surface area contributed by atoms with Crippen molar-refractivity contribution in [2.45, 2.75) is 19.4 Å². The zero-order valence-corrected chi connectivity index (χ0v) is 20.2. The fourth-order valence-electron chi connectivity index (χ4n) is 3.14. The number of hydrogen-bond acceptors (Lipinski definition) is 6. The molecule has 0 bridgehead atoms. The molecule has 2 aromatic carbocycles. The van der Waals surface area contributed by atoms with Gasteiger partial charge in [0, 0.05) is 6.08 Å². The largest absolute Gasteiger partial charge is 0.493 e. The second-order valence-corrected chi connectivity index (χ2v) is 7.26. The van der Waals surface area contributed by atoms with Gasteiger partial charge in [-0.25, -0.2) is 0 Å². The van der Waals surface area contributed by atoms with Crippen LogP contribution in [0, 0.1) is 0 Å². The topological polar surface area (TPSA) is 75.3 Å². The number of carbonyl (C=O) groups is 1. The summed E-state index contributed by atoms with van der Waals surface area (Å²) in [6.07, 6.45) is 3.87. The highest BCUT2D eigenvalue weighted by molar-refractivity contribution is 9.10. The van der Waals surface area contributed by atoms with Crippen LogP contribution in [0.5, 0.6) is 28.7 Å². The standard InChI is InChI=1S/C23H28BrNO6/c1-7-16(15-12-18(28-3)22(30-5)19(13-15)29-4)25-20(26)11-9-14-8-10-17(27-2)23(31-6)21(14)24/h8-13,16H,7H2,1-6H3,(H,25,26)/b11-9+. The van der Waals surface area contributed by atoms with E-state index in [1.54, 1.807) is 47.7 Å². The van der Waals surface area contributed by atoms with Crippen molar-refractivity contribution in [1.82, 2.24) is 5.32 Å². The Balaban J connectivity index is 2.25. The molecule has 168 valence electrons. The lowest BCUT2D eigenvalue weighted by atomic mass is 10.0. The van der Waals surface area contributed by atoms with Crippen LogP contribution in [0.4, 0.5) is 0 Å². The first-order chi connectivity index (χ1) is 14.9. The number of ether oxygens (including phenoxy) is 5. The first-order valence-corrected chi connectivity index (χ1v) is 10.4. The summed E-state index contributed by atoms with van der Waals surface area (Å²) in [7, 11) is 7.80. The van der Waals surface area contributed by atoms with Gasteiger partial charge in [0.05, 0.1) is 46.1 Å². The smallest absolute Gasteiger partial charge is 0.244 e. The summed E-state index contributed by atoms with van der Waals surface area (Å²) in [6.45, 7) is 1.99. The second kappa shape index (κ2) is 11.5. The minimum atomic E-state index is -0.236. The normalized spacial score (nSPS) is 11.7. The van der Waals surface area contributed by atoms with E-state index in [2.05, 4.69) is 21.2 Å². The van der Waals surface area contributed by atoms with Crippen LogP contribution in [0.2, 0.25) is 0 Å². The molecule has 7 nitrogen and oxygen atoms in total. The Morgan fingerprint density at radius 3 is 2.00 bits per heavy atom. The summed E-state index contributed by atoms with van der Waals surface area (Å²) in [6, 6.07) is 7.06. The number of rotatable bonds is 10. The predicted octanol–water partition coefficient (Wildman–Crippen LogP) is 4.77. The van der Waals surface area contributed by atoms with E-state index in [9.17, 15) is 4.79 Å². The summed E-state index contributed by atoms with van der Waals surface area (Å²) in [5, 5.41) is 3.02. The molecule has 1 amide bonds. The Kier molecular flexibility index (Phi) is 9.05. The molecule has 0 heterocycles. The average Bonchev–Trinajstić information content (AvgIpc) is 2.80. The van der Waals surface area contributed by atoms with Crippen molar-refractivity contribution in [1.29, 1.82) is 0 Å². The van der Waals surface area contributed by atoms with Crippen LogP contribution in [-0.4, -0.2) is 41.5 Å². The lowest BCUT2D eigenvalue weighted by Gasteiger charge is -2.20. The molecule has 0 aromatic heterocycles. The van der Waals surface area contributed by atoms with Crippen LogP contribution < -0.4 is 29.0 Å². The van der Waals surface area contributed by atoms with Crippen molar-refractivity contribution >= 4 is 27.9 Å². The SMILES string of the molecule is CCC(NC(=O)/C=C/c1ccc(OC)c(OC)c1Br)c1cc(OC)c(OC)c(OC)c1. The van der Waals surface area contributed by atoms with Gasteiger partial charge in [0.2, 0.25) is 11.7 Å². The minimum absolute atomic E-state index is 0.234. The molecular formula is C23H28BrNO6. The van der Waals surface area contributed by atoms with Crippen molar-refractivity contribution in [2.75, 3.05) is 35.5 Å². The van der Waals surface area contributed by atoms with Gasteiger partial charge in [-0.05, 0) is 63.8 Å². The fraction of sp³-hybridized carbons (Fsp3) is 0.348. The first kappa shape index (κ1) is 24.4. The molecule has 0 aliphatic rings. The highest BCUT2D eigenvalue weighted by Gasteiger charge is 2.19. The van der Waals surface area contributed by atoms with Crippen LogP contribution in [0.3, 0.4) is 0 Å². The number of carbonyl (C=O) groups excluding carboxylic acids is 1. The van der Waals surface area contributed by atoms with E-state index in [1.165, 1.54) is 6.08 Å². The van der Waals surface area contributed by atoms with Crippen LogP contribution in [0.25, 0.3) is 6.08 Å². The number of halogens is 1. The number of nitrogens with one attached hydrogen (secondary N) is 1. The predicted molar refractivity (Wildman–Crippen MR) is 124 cm³/mol. The molecule has 1 unspecified atom stereocenters. The van der Waals surface area contributed by atoms with Gasteiger partial charge >= 0.3 is 0 Å². The molecule has 0 aliphatic carbocycles. The van der Waals surface area contributed by atoms with Gasteiger partial charge in [-0.1, -0.05) is 6.92 Å². The van der Waals surface area contributed by atoms with Crippen LogP contribution in [0.1, 0.15) is 30.5 Å². The van der Waals surface area contributed by atoms with Gasteiger partial charge in [0.15, 0.2) is 23.0 Å². The Labute approximate surface area is 191 Å². The quantitative estimate of drug-likeness (QED) is 0.480. The van der Waals surface area contributed by atoms with Gasteiger partial charge < -0.3 is 29.0 Å². The third-order valence-corrected chi connectivity index (χ3v) is 5.56. The number of benzene rings is 2. The van der Waals surface area contributed by atoms with Crippen molar-refractivity contribution in [2.24, 2.45) is 0 Å². The molecule has 0 radical (unpaired) electrons. The van der Waals surface area contributed by atoms with Crippen molar-refractivity contribution < 1.29 is 28.5 Å². The monoisotopic (exact) mass is 493 g/mol. The number of hydrogen-bond donors (Lipinski definition) is 1. The zero-order chi connectivity index (χ0) is 23.0. The van der Waals surface area contributed by atoms with Crippen LogP contribution in [0.15, 0.2) is 34.8 Å². The molecule has 0 aliphatic heterocycles. The molecule has 2 aromatic rings. The average molecular weight is 494 g/mol. The van der Waals surface area contributed by atoms with Crippen molar-refractivity contribution in [3.8, 4) is 28.7 Å². The van der Waals surface area contributed by atoms with E-state index in [4.69, 9.17) is 23.7 Å². The maximum Gasteiger partial charge on any atom is 0.244 e.